The first kappa shape index (κ1) is 16.6. The van der Waals surface area contributed by atoms with Crippen molar-refractivity contribution in [2.45, 2.75) is 32.4 Å². The number of nitrogens with zero attached hydrogens (tertiary/aromatic N) is 7. The lowest BCUT2D eigenvalue weighted by Gasteiger charge is -2.28. The zero-order valence-corrected chi connectivity index (χ0v) is 15.5. The van der Waals surface area contributed by atoms with Gasteiger partial charge in [-0.05, 0) is 38.8 Å². The molecular weight excluding hydrogens is 358 g/mol. The van der Waals surface area contributed by atoms with E-state index in [1.165, 1.54) is 0 Å². The van der Waals surface area contributed by atoms with E-state index in [2.05, 4.69) is 15.3 Å². The fraction of sp³-hybridized carbons (Fsp3) is 0.316. The second-order valence-electron chi connectivity index (χ2n) is 7.10. The summed E-state index contributed by atoms with van der Waals surface area (Å²) in [6, 6.07) is 7.67. The Morgan fingerprint density at radius 2 is 2.07 bits per heavy atom. The van der Waals surface area contributed by atoms with Crippen molar-refractivity contribution in [1.82, 2.24) is 28.9 Å². The highest BCUT2D eigenvalue weighted by molar-refractivity contribution is 5.85. The normalized spacial score (nSPS) is 19.5. The molecule has 9 nitrogen and oxygen atoms in total. The Kier molecular flexibility index (Phi) is 3.41. The van der Waals surface area contributed by atoms with Crippen LogP contribution in [0.15, 0.2) is 35.4 Å². The van der Waals surface area contributed by atoms with Crippen LogP contribution in [-0.4, -0.2) is 35.6 Å². The van der Waals surface area contributed by atoms with Gasteiger partial charge in [0.1, 0.15) is 29.0 Å². The van der Waals surface area contributed by atoms with E-state index in [-0.39, 0.29) is 5.56 Å². The van der Waals surface area contributed by atoms with E-state index in [1.54, 1.807) is 22.2 Å². The monoisotopic (exact) mass is 375 g/mol. The molecule has 1 fully saturated rings. The quantitative estimate of drug-likeness (QED) is 0.531. The minimum Gasteiger partial charge on any atom is -0.355 e. The van der Waals surface area contributed by atoms with E-state index in [0.29, 0.717) is 29.2 Å². The molecule has 1 unspecified atom stereocenters. The van der Waals surface area contributed by atoms with Crippen LogP contribution in [0.2, 0.25) is 0 Å². The van der Waals surface area contributed by atoms with Gasteiger partial charge in [0.25, 0.3) is 5.56 Å². The Morgan fingerprint density at radius 1 is 1.29 bits per heavy atom. The predicted octanol–water partition coefficient (Wildman–Crippen LogP) is 2.03. The number of nitriles is 1. The zero-order chi connectivity index (χ0) is 19.5. The molecule has 1 aliphatic heterocycles. The lowest BCUT2D eigenvalue weighted by atomic mass is 10.1. The fourth-order valence-electron chi connectivity index (χ4n) is 4.09. The predicted molar refractivity (Wildman–Crippen MR) is 101 cm³/mol. The highest BCUT2D eigenvalue weighted by Crippen LogP contribution is 2.33. The van der Waals surface area contributed by atoms with Gasteiger partial charge in [-0.2, -0.15) is 5.26 Å². The van der Waals surface area contributed by atoms with Gasteiger partial charge in [0, 0.05) is 6.61 Å². The second kappa shape index (κ2) is 5.74. The number of aromatic nitrogens is 6. The summed E-state index contributed by atoms with van der Waals surface area (Å²) in [7, 11) is 0. The molecule has 0 spiro atoms. The number of ether oxygens (including phenoxy) is 1. The highest BCUT2D eigenvalue weighted by Gasteiger charge is 2.35. The van der Waals surface area contributed by atoms with E-state index in [0.717, 1.165) is 28.6 Å². The molecule has 0 saturated carbocycles. The van der Waals surface area contributed by atoms with E-state index < -0.39 is 5.72 Å². The van der Waals surface area contributed by atoms with Gasteiger partial charge in [-0.3, -0.25) is 13.8 Å². The van der Waals surface area contributed by atoms with Crippen LogP contribution in [0, 0.1) is 18.4 Å². The first-order chi connectivity index (χ1) is 13.5. The van der Waals surface area contributed by atoms with Crippen LogP contribution in [0.1, 0.15) is 25.5 Å². The Morgan fingerprint density at radius 3 is 2.79 bits per heavy atom. The third kappa shape index (κ3) is 2.09. The zero-order valence-electron chi connectivity index (χ0n) is 15.5. The van der Waals surface area contributed by atoms with Gasteiger partial charge in [0.2, 0.25) is 6.19 Å². The summed E-state index contributed by atoms with van der Waals surface area (Å²) in [4.78, 5) is 18.2. The van der Waals surface area contributed by atoms with Crippen LogP contribution < -0.4 is 5.56 Å². The van der Waals surface area contributed by atoms with Crippen molar-refractivity contribution in [2.24, 2.45) is 0 Å². The third-order valence-corrected chi connectivity index (χ3v) is 5.38. The second-order valence-corrected chi connectivity index (χ2v) is 7.10. The molecular formula is C19H17N7O2. The molecule has 140 valence electrons. The van der Waals surface area contributed by atoms with Crippen molar-refractivity contribution >= 4 is 16.6 Å². The van der Waals surface area contributed by atoms with Gasteiger partial charge in [-0.1, -0.05) is 17.3 Å². The molecule has 0 aliphatic carbocycles. The molecule has 4 aromatic rings. The number of hydrogen-bond donors (Lipinski definition) is 0. The van der Waals surface area contributed by atoms with E-state index >= 15 is 0 Å². The van der Waals surface area contributed by atoms with Gasteiger partial charge >= 0.3 is 0 Å². The summed E-state index contributed by atoms with van der Waals surface area (Å²) in [6.07, 6.45) is 5.20. The van der Waals surface area contributed by atoms with Gasteiger partial charge in [-0.15, -0.1) is 9.78 Å². The largest absolute Gasteiger partial charge is 0.355 e. The molecule has 0 amide bonds. The van der Waals surface area contributed by atoms with Crippen LogP contribution in [0.5, 0.6) is 0 Å². The maximum atomic E-state index is 13.7. The van der Waals surface area contributed by atoms with Crippen LogP contribution in [0.25, 0.3) is 27.9 Å². The first-order valence-electron chi connectivity index (χ1n) is 9.03. The molecule has 0 N–H and O–H groups in total. The molecule has 1 saturated heterocycles. The molecule has 4 heterocycles. The van der Waals surface area contributed by atoms with Gasteiger partial charge < -0.3 is 4.74 Å². The highest BCUT2D eigenvalue weighted by atomic mass is 16.5. The van der Waals surface area contributed by atoms with Crippen molar-refractivity contribution in [3.63, 3.8) is 0 Å². The van der Waals surface area contributed by atoms with Crippen LogP contribution in [-0.2, 0) is 10.5 Å². The number of aryl methyl sites for hydroxylation is 1. The van der Waals surface area contributed by atoms with E-state index in [1.807, 2.05) is 37.4 Å². The molecule has 0 bridgehead atoms. The molecule has 9 heteroatoms. The topological polar surface area (TPSA) is 103 Å². The van der Waals surface area contributed by atoms with Crippen LogP contribution >= 0.6 is 0 Å². The Bertz CT molecular complexity index is 1330. The summed E-state index contributed by atoms with van der Waals surface area (Å²) in [6.45, 7) is 4.29. The van der Waals surface area contributed by atoms with E-state index in [9.17, 15) is 10.1 Å². The number of fused-ring (bicyclic) bond motifs is 3. The summed E-state index contributed by atoms with van der Waals surface area (Å²) < 4.78 is 10.6. The number of rotatable bonds is 2. The summed E-state index contributed by atoms with van der Waals surface area (Å²) in [5.41, 5.74) is 2.36. The smallest absolute Gasteiger partial charge is 0.280 e. The van der Waals surface area contributed by atoms with Gasteiger partial charge in [0.05, 0.1) is 16.7 Å². The Labute approximate surface area is 159 Å². The number of benzene rings is 1. The summed E-state index contributed by atoms with van der Waals surface area (Å²) in [5, 5.41) is 17.2. The summed E-state index contributed by atoms with van der Waals surface area (Å²) in [5.74, 6) is 0. The molecule has 1 aromatic carbocycles. The van der Waals surface area contributed by atoms with Gasteiger partial charge in [-0.25, -0.2) is 4.98 Å². The van der Waals surface area contributed by atoms with Crippen molar-refractivity contribution < 1.29 is 4.74 Å². The van der Waals surface area contributed by atoms with Crippen LogP contribution in [0.3, 0.4) is 0 Å². The average Bonchev–Trinajstić information content (AvgIpc) is 3.40. The van der Waals surface area contributed by atoms with E-state index in [4.69, 9.17) is 4.74 Å². The van der Waals surface area contributed by atoms with Crippen molar-refractivity contribution in [1.29, 1.82) is 5.26 Å². The summed E-state index contributed by atoms with van der Waals surface area (Å²) >= 11 is 0. The maximum absolute atomic E-state index is 13.7. The molecule has 0 radical (unpaired) electrons. The molecule has 5 rings (SSSR count). The minimum absolute atomic E-state index is 0.222. The average molecular weight is 375 g/mol. The molecule has 3 aromatic heterocycles. The lowest BCUT2D eigenvalue weighted by molar-refractivity contribution is -0.0447. The van der Waals surface area contributed by atoms with Crippen molar-refractivity contribution in [2.75, 3.05) is 6.61 Å². The number of para-hydroxylation sites is 2. The van der Waals surface area contributed by atoms with Gasteiger partial charge in [0.15, 0.2) is 0 Å². The third-order valence-electron chi connectivity index (χ3n) is 5.38. The standard InChI is InChI=1S/C19H17N7O2/c1-12-16(25(10-20)23-22-12)15-17-18(27)26(19(2)8-5-9-28-19)14-7-4-3-6-13(14)24(17)11-21-15/h3-4,6-7,11H,5,8-9H2,1-2H3. The van der Waals surface area contributed by atoms with Crippen molar-refractivity contribution in [3.8, 4) is 17.6 Å². The van der Waals surface area contributed by atoms with Crippen molar-refractivity contribution in [3.05, 3.63) is 46.6 Å². The lowest BCUT2D eigenvalue weighted by Crippen LogP contribution is -2.39. The first-order valence-corrected chi connectivity index (χ1v) is 9.03. The number of hydrogen-bond acceptors (Lipinski definition) is 6. The SMILES string of the molecule is Cc1nnn(C#N)c1-c1ncn2c1c(=O)n(C1(C)CCCO1)c1ccccc12. The maximum Gasteiger partial charge on any atom is 0.280 e. The Balaban J connectivity index is 1.96. The van der Waals surface area contributed by atoms with Crippen LogP contribution in [0.4, 0.5) is 0 Å². The minimum atomic E-state index is -0.733. The molecule has 1 aliphatic rings. The molecule has 28 heavy (non-hydrogen) atoms. The fourth-order valence-corrected chi connectivity index (χ4v) is 4.09. The Hall–Kier alpha value is -3.51. The number of imidazole rings is 1. The molecule has 1 atom stereocenters.